The van der Waals surface area contributed by atoms with Gasteiger partial charge in [-0.1, -0.05) is 18.2 Å². The first kappa shape index (κ1) is 18.5. The molecule has 0 aliphatic carbocycles. The number of fused-ring (bicyclic) bond motifs is 3. The highest BCUT2D eigenvalue weighted by Gasteiger charge is 2.29. The normalized spacial score (nSPS) is 11.5. The lowest BCUT2D eigenvalue weighted by Gasteiger charge is -2.08. The van der Waals surface area contributed by atoms with Crippen LogP contribution in [0, 0.1) is 11.3 Å². The number of alkyl halides is 3. The number of carbonyl (C=O) groups excluding carboxylic acids is 1. The number of nitrogens with zero attached hydrogens (tertiary/aromatic N) is 2. The first-order chi connectivity index (χ1) is 12.9. The molecule has 6 nitrogen and oxygen atoms in total. The summed E-state index contributed by atoms with van der Waals surface area (Å²) in [6.45, 7) is -1.45. The molecule has 0 atom stereocenters. The summed E-state index contributed by atoms with van der Waals surface area (Å²) in [4.78, 5) is 12.5. The van der Waals surface area contributed by atoms with Crippen LogP contribution in [-0.2, 0) is 9.47 Å². The number of rotatable bonds is 6. The molecule has 0 aliphatic rings. The van der Waals surface area contributed by atoms with Crippen LogP contribution in [0.3, 0.4) is 0 Å². The standard InChI is InChI=1S/C18H13F3N2O4/c19-18(20,21)27-10-9-26-17(24)16-13-3-1-2-4-14(13)23-11-12(25-8-7-22)5-6-15(16)23/h1-6,11H,8-10H2. The number of para-hydroxylation sites is 1. The molecule has 9 heteroatoms. The van der Waals surface area contributed by atoms with Gasteiger partial charge in [-0.3, -0.25) is 4.74 Å². The molecule has 2 heterocycles. The molecule has 1 aromatic carbocycles. The second kappa shape index (κ2) is 7.55. The fraction of sp³-hybridized carbons (Fsp3) is 0.222. The maximum Gasteiger partial charge on any atom is 0.522 e. The highest BCUT2D eigenvalue weighted by Crippen LogP contribution is 2.29. The van der Waals surface area contributed by atoms with E-state index in [1.165, 1.54) is 0 Å². The van der Waals surface area contributed by atoms with Gasteiger partial charge >= 0.3 is 12.3 Å². The number of esters is 1. The number of nitriles is 1. The van der Waals surface area contributed by atoms with Crippen LogP contribution >= 0.6 is 0 Å². The third-order valence-electron chi connectivity index (χ3n) is 3.70. The van der Waals surface area contributed by atoms with E-state index in [0.29, 0.717) is 22.2 Å². The smallest absolute Gasteiger partial charge is 0.477 e. The van der Waals surface area contributed by atoms with E-state index in [9.17, 15) is 18.0 Å². The second-order valence-corrected chi connectivity index (χ2v) is 5.39. The average molecular weight is 378 g/mol. The zero-order valence-electron chi connectivity index (χ0n) is 13.8. The lowest BCUT2D eigenvalue weighted by atomic mass is 10.1. The maximum absolute atomic E-state index is 12.5. The van der Waals surface area contributed by atoms with Crippen LogP contribution in [0.5, 0.6) is 5.75 Å². The SMILES string of the molecule is N#CCOc1ccc2c(C(=O)OCCOC(F)(F)F)c3ccccc3n2c1. The van der Waals surface area contributed by atoms with Gasteiger partial charge in [0.2, 0.25) is 0 Å². The number of benzene rings is 1. The predicted octanol–water partition coefficient (Wildman–Crippen LogP) is 3.69. The van der Waals surface area contributed by atoms with Gasteiger partial charge in [-0.2, -0.15) is 5.26 Å². The van der Waals surface area contributed by atoms with Crippen LogP contribution in [0.2, 0.25) is 0 Å². The van der Waals surface area contributed by atoms with E-state index in [-0.39, 0.29) is 12.2 Å². The number of carbonyl (C=O) groups is 1. The second-order valence-electron chi connectivity index (χ2n) is 5.39. The Bertz CT molecular complexity index is 1020. The topological polar surface area (TPSA) is 73.0 Å². The summed E-state index contributed by atoms with van der Waals surface area (Å²) in [5, 5.41) is 9.20. The number of halogens is 3. The van der Waals surface area contributed by atoms with Gasteiger partial charge in [-0.25, -0.2) is 4.79 Å². The Labute approximate surface area is 151 Å². The van der Waals surface area contributed by atoms with E-state index >= 15 is 0 Å². The Morgan fingerprint density at radius 1 is 1.11 bits per heavy atom. The van der Waals surface area contributed by atoms with E-state index in [1.54, 1.807) is 47.0 Å². The van der Waals surface area contributed by atoms with Crippen LogP contribution in [0.1, 0.15) is 10.4 Å². The van der Waals surface area contributed by atoms with E-state index in [2.05, 4.69) is 4.74 Å². The predicted molar refractivity (Wildman–Crippen MR) is 88.3 cm³/mol. The van der Waals surface area contributed by atoms with Crippen molar-refractivity contribution in [2.75, 3.05) is 19.8 Å². The minimum Gasteiger partial charge on any atom is -0.477 e. The van der Waals surface area contributed by atoms with E-state index in [1.807, 2.05) is 6.07 Å². The van der Waals surface area contributed by atoms with Crippen molar-refractivity contribution in [3.63, 3.8) is 0 Å². The van der Waals surface area contributed by atoms with Gasteiger partial charge in [-0.05, 0) is 18.2 Å². The highest BCUT2D eigenvalue weighted by molar-refractivity contribution is 6.11. The van der Waals surface area contributed by atoms with Gasteiger partial charge < -0.3 is 13.9 Å². The molecule has 0 radical (unpaired) electrons. The van der Waals surface area contributed by atoms with Crippen molar-refractivity contribution in [3.8, 4) is 11.8 Å². The number of ether oxygens (including phenoxy) is 3. The van der Waals surface area contributed by atoms with E-state index in [4.69, 9.17) is 14.7 Å². The lowest BCUT2D eigenvalue weighted by molar-refractivity contribution is -0.326. The Hall–Kier alpha value is -3.25. The third kappa shape index (κ3) is 4.12. The van der Waals surface area contributed by atoms with Gasteiger partial charge in [0, 0.05) is 5.39 Å². The van der Waals surface area contributed by atoms with Crippen LogP contribution in [0.25, 0.3) is 16.4 Å². The summed E-state index contributed by atoms with van der Waals surface area (Å²) in [6.07, 6.45) is -3.15. The molecular weight excluding hydrogens is 365 g/mol. The minimum atomic E-state index is -4.78. The summed E-state index contributed by atoms with van der Waals surface area (Å²) in [5.74, 6) is -0.325. The molecule has 2 aromatic heterocycles. The molecule has 3 rings (SSSR count). The monoisotopic (exact) mass is 378 g/mol. The van der Waals surface area contributed by atoms with E-state index < -0.39 is 25.5 Å². The molecular formula is C18H13F3N2O4. The van der Waals surface area contributed by atoms with Crippen molar-refractivity contribution in [3.05, 3.63) is 48.2 Å². The number of hydrogen-bond acceptors (Lipinski definition) is 5. The Morgan fingerprint density at radius 3 is 2.63 bits per heavy atom. The highest BCUT2D eigenvalue weighted by atomic mass is 19.4. The molecule has 0 fully saturated rings. The number of pyridine rings is 1. The molecule has 0 saturated heterocycles. The molecule has 0 amide bonds. The largest absolute Gasteiger partial charge is 0.522 e. The molecule has 0 N–H and O–H groups in total. The number of aromatic nitrogens is 1. The van der Waals surface area contributed by atoms with Gasteiger partial charge in [-0.15, -0.1) is 13.2 Å². The molecule has 27 heavy (non-hydrogen) atoms. The summed E-state index contributed by atoms with van der Waals surface area (Å²) < 4.78 is 51.5. The van der Waals surface area contributed by atoms with Crippen LogP contribution in [0.4, 0.5) is 13.2 Å². The van der Waals surface area contributed by atoms with E-state index in [0.717, 1.165) is 0 Å². The van der Waals surface area contributed by atoms with Crippen LogP contribution in [0.15, 0.2) is 42.6 Å². The molecule has 0 spiro atoms. The quantitative estimate of drug-likeness (QED) is 0.483. The Morgan fingerprint density at radius 2 is 1.89 bits per heavy atom. The summed E-state index contributed by atoms with van der Waals surface area (Å²) in [5.41, 5.74) is 1.42. The van der Waals surface area contributed by atoms with Gasteiger partial charge in [0.05, 0.1) is 29.4 Å². The first-order valence-electron chi connectivity index (χ1n) is 7.81. The van der Waals surface area contributed by atoms with Gasteiger partial charge in [0.1, 0.15) is 18.4 Å². The van der Waals surface area contributed by atoms with Crippen LogP contribution in [-0.4, -0.2) is 36.6 Å². The third-order valence-corrected chi connectivity index (χ3v) is 3.70. The molecule has 3 aromatic rings. The fourth-order valence-electron chi connectivity index (χ4n) is 2.70. The molecule has 0 aliphatic heterocycles. The zero-order valence-corrected chi connectivity index (χ0v) is 13.8. The Kier molecular flexibility index (Phi) is 5.19. The minimum absolute atomic E-state index is 0.126. The Balaban J connectivity index is 1.91. The van der Waals surface area contributed by atoms with Crippen molar-refractivity contribution in [1.29, 1.82) is 5.26 Å². The fourth-order valence-corrected chi connectivity index (χ4v) is 2.70. The van der Waals surface area contributed by atoms with Crippen molar-refractivity contribution in [2.24, 2.45) is 0 Å². The zero-order chi connectivity index (χ0) is 19.4. The summed E-state index contributed by atoms with van der Waals surface area (Å²) in [6, 6.07) is 12.1. The number of hydrogen-bond donors (Lipinski definition) is 0. The molecule has 0 unspecified atom stereocenters. The molecule has 0 saturated carbocycles. The lowest BCUT2D eigenvalue weighted by Crippen LogP contribution is -2.18. The van der Waals surface area contributed by atoms with Gasteiger partial charge in [0.25, 0.3) is 0 Å². The first-order valence-corrected chi connectivity index (χ1v) is 7.81. The maximum atomic E-state index is 12.5. The van der Waals surface area contributed by atoms with Crippen molar-refractivity contribution in [1.82, 2.24) is 4.40 Å². The molecule has 140 valence electrons. The van der Waals surface area contributed by atoms with Crippen molar-refractivity contribution in [2.45, 2.75) is 6.36 Å². The van der Waals surface area contributed by atoms with Crippen molar-refractivity contribution < 1.29 is 32.2 Å². The molecule has 0 bridgehead atoms. The van der Waals surface area contributed by atoms with Gasteiger partial charge in [0.15, 0.2) is 6.61 Å². The summed E-state index contributed by atoms with van der Waals surface area (Å²) >= 11 is 0. The van der Waals surface area contributed by atoms with Crippen LogP contribution < -0.4 is 4.74 Å². The van der Waals surface area contributed by atoms with Crippen molar-refractivity contribution >= 4 is 22.4 Å². The average Bonchev–Trinajstić information content (AvgIpc) is 2.96. The summed E-state index contributed by atoms with van der Waals surface area (Å²) in [7, 11) is 0.